The van der Waals surface area contributed by atoms with E-state index in [1.165, 1.54) is 0 Å². The first-order valence-electron chi connectivity index (χ1n) is 8.05. The van der Waals surface area contributed by atoms with Gasteiger partial charge < -0.3 is 15.0 Å². The van der Waals surface area contributed by atoms with Gasteiger partial charge in [-0.15, -0.1) is 0 Å². The molecule has 0 aromatic heterocycles. The molecule has 1 amide bonds. The summed E-state index contributed by atoms with van der Waals surface area (Å²) in [7, 11) is 1.65. The normalized spacial score (nSPS) is 16.7. The molecule has 120 valence electrons. The minimum atomic E-state index is -0.354. The molecule has 0 saturated heterocycles. The van der Waals surface area contributed by atoms with Crippen LogP contribution in [-0.4, -0.2) is 19.6 Å². The van der Waals surface area contributed by atoms with E-state index in [9.17, 15) is 4.79 Å². The Morgan fingerprint density at radius 3 is 2.65 bits per heavy atom. The molecule has 1 N–H and O–H groups in total. The monoisotopic (exact) mass is 310 g/mol. The van der Waals surface area contributed by atoms with Crippen LogP contribution in [0.25, 0.3) is 0 Å². The third kappa shape index (κ3) is 3.02. The van der Waals surface area contributed by atoms with Crippen LogP contribution in [0.3, 0.4) is 0 Å². The van der Waals surface area contributed by atoms with Crippen LogP contribution in [0.1, 0.15) is 31.4 Å². The number of nitrogens with one attached hydrogen (secondary N) is 1. The molecular formula is C19H22N2O2. The van der Waals surface area contributed by atoms with Crippen LogP contribution in [0.5, 0.6) is 5.75 Å². The van der Waals surface area contributed by atoms with Gasteiger partial charge in [-0.2, -0.15) is 0 Å². The molecule has 1 aliphatic heterocycles. The van der Waals surface area contributed by atoms with Gasteiger partial charge in [0.1, 0.15) is 11.8 Å². The molecule has 4 heteroatoms. The van der Waals surface area contributed by atoms with E-state index in [2.05, 4.69) is 12.2 Å². The number of fused-ring (bicyclic) bond motifs is 1. The molecule has 1 heterocycles. The Labute approximate surface area is 137 Å². The summed E-state index contributed by atoms with van der Waals surface area (Å²) in [5.74, 6) is 0.884. The summed E-state index contributed by atoms with van der Waals surface area (Å²) in [4.78, 5) is 14.9. The Morgan fingerprint density at radius 1 is 1.17 bits per heavy atom. The predicted molar refractivity (Wildman–Crippen MR) is 93.1 cm³/mol. The molecule has 0 radical (unpaired) electrons. The fourth-order valence-corrected chi connectivity index (χ4v) is 2.90. The Bertz CT molecular complexity index is 685. The summed E-state index contributed by atoms with van der Waals surface area (Å²) in [6.45, 7) is 2.87. The number of amides is 1. The highest BCUT2D eigenvalue weighted by atomic mass is 16.5. The maximum absolute atomic E-state index is 13.0. The van der Waals surface area contributed by atoms with Gasteiger partial charge in [-0.3, -0.25) is 4.79 Å². The van der Waals surface area contributed by atoms with Gasteiger partial charge in [-0.25, -0.2) is 0 Å². The lowest BCUT2D eigenvalue weighted by molar-refractivity contribution is -0.119. The van der Waals surface area contributed by atoms with Crippen LogP contribution in [0.4, 0.5) is 11.4 Å². The summed E-state index contributed by atoms with van der Waals surface area (Å²) in [5, 5.41) is 3.37. The van der Waals surface area contributed by atoms with Gasteiger partial charge >= 0.3 is 0 Å². The van der Waals surface area contributed by atoms with Crippen molar-refractivity contribution in [2.24, 2.45) is 0 Å². The maximum atomic E-state index is 13.0. The molecule has 1 atom stereocenters. The average molecular weight is 310 g/mol. The van der Waals surface area contributed by atoms with Gasteiger partial charge in [-0.05, 0) is 24.1 Å². The Morgan fingerprint density at radius 2 is 1.96 bits per heavy atom. The van der Waals surface area contributed by atoms with Crippen molar-refractivity contribution in [3.63, 3.8) is 0 Å². The molecule has 1 aliphatic rings. The van der Waals surface area contributed by atoms with Gasteiger partial charge in [0.05, 0.1) is 18.5 Å². The second kappa shape index (κ2) is 6.73. The van der Waals surface area contributed by atoms with E-state index in [-0.39, 0.29) is 11.9 Å². The largest absolute Gasteiger partial charge is 0.497 e. The third-order valence-electron chi connectivity index (χ3n) is 4.18. The molecule has 0 bridgehead atoms. The average Bonchev–Trinajstić information content (AvgIpc) is 2.61. The Kier molecular flexibility index (Phi) is 4.51. The number of carbonyl (C=O) groups is 1. The fraction of sp³-hybridized carbons (Fsp3) is 0.316. The van der Waals surface area contributed by atoms with Crippen LogP contribution >= 0.6 is 0 Å². The highest BCUT2D eigenvalue weighted by Gasteiger charge is 2.33. The number of rotatable bonds is 5. The molecule has 23 heavy (non-hydrogen) atoms. The molecule has 3 rings (SSSR count). The molecule has 0 aliphatic carbocycles. The van der Waals surface area contributed by atoms with Crippen molar-refractivity contribution in [2.75, 3.05) is 23.9 Å². The second-order valence-corrected chi connectivity index (χ2v) is 5.71. The number of anilines is 2. The van der Waals surface area contributed by atoms with E-state index in [1.54, 1.807) is 7.11 Å². The standard InChI is InChI=1S/C19H22N2O2/c1-3-4-12-21-17-11-10-15(23-2)13-16(17)20-18(19(21)22)14-8-6-5-7-9-14/h5-11,13,18,20H,3-4,12H2,1-2H3. The highest BCUT2D eigenvalue weighted by molar-refractivity contribution is 6.05. The zero-order valence-corrected chi connectivity index (χ0v) is 13.6. The van der Waals surface area contributed by atoms with Crippen LogP contribution in [0.2, 0.25) is 0 Å². The van der Waals surface area contributed by atoms with Crippen molar-refractivity contribution in [2.45, 2.75) is 25.8 Å². The SMILES string of the molecule is CCCCN1C(=O)C(c2ccccc2)Nc2cc(OC)ccc21. The number of benzene rings is 2. The molecule has 2 aromatic rings. The number of carbonyl (C=O) groups excluding carboxylic acids is 1. The maximum Gasteiger partial charge on any atom is 0.254 e. The number of ether oxygens (including phenoxy) is 1. The van der Waals surface area contributed by atoms with E-state index in [0.29, 0.717) is 0 Å². The van der Waals surface area contributed by atoms with Gasteiger partial charge in [0.15, 0.2) is 0 Å². The molecule has 1 unspecified atom stereocenters. The summed E-state index contributed by atoms with van der Waals surface area (Å²) >= 11 is 0. The first-order chi connectivity index (χ1) is 11.2. The molecule has 0 fully saturated rings. The number of hydrogen-bond donors (Lipinski definition) is 1. The second-order valence-electron chi connectivity index (χ2n) is 5.71. The van der Waals surface area contributed by atoms with Crippen molar-refractivity contribution in [1.82, 2.24) is 0 Å². The van der Waals surface area contributed by atoms with E-state index in [0.717, 1.165) is 42.1 Å². The first kappa shape index (κ1) is 15.4. The van der Waals surface area contributed by atoms with Crippen LogP contribution in [-0.2, 0) is 4.79 Å². The van der Waals surface area contributed by atoms with E-state index >= 15 is 0 Å². The van der Waals surface area contributed by atoms with Crippen molar-refractivity contribution in [1.29, 1.82) is 0 Å². The van der Waals surface area contributed by atoms with Crippen LogP contribution in [0.15, 0.2) is 48.5 Å². The summed E-state index contributed by atoms with van der Waals surface area (Å²) in [6.07, 6.45) is 2.04. The first-order valence-corrected chi connectivity index (χ1v) is 8.05. The lowest BCUT2D eigenvalue weighted by atomic mass is 10.0. The van der Waals surface area contributed by atoms with Gasteiger partial charge in [0.25, 0.3) is 5.91 Å². The zero-order valence-electron chi connectivity index (χ0n) is 13.6. The van der Waals surface area contributed by atoms with Crippen LogP contribution < -0.4 is 15.0 Å². The topological polar surface area (TPSA) is 41.6 Å². The summed E-state index contributed by atoms with van der Waals surface area (Å²) in [5.41, 5.74) is 2.85. The van der Waals surface area contributed by atoms with Crippen molar-refractivity contribution < 1.29 is 9.53 Å². The smallest absolute Gasteiger partial charge is 0.254 e. The lowest BCUT2D eigenvalue weighted by Crippen LogP contribution is -2.42. The fourth-order valence-electron chi connectivity index (χ4n) is 2.90. The Balaban J connectivity index is 2.01. The molecule has 0 saturated carbocycles. The van der Waals surface area contributed by atoms with E-state index in [1.807, 2.05) is 53.4 Å². The molecule has 2 aromatic carbocycles. The number of unbranched alkanes of at least 4 members (excludes halogenated alkanes) is 1. The zero-order chi connectivity index (χ0) is 16.2. The summed E-state index contributed by atoms with van der Waals surface area (Å²) < 4.78 is 5.32. The number of hydrogen-bond acceptors (Lipinski definition) is 3. The van der Waals surface area contributed by atoms with E-state index in [4.69, 9.17) is 4.74 Å². The van der Waals surface area contributed by atoms with Crippen molar-refractivity contribution in [3.05, 3.63) is 54.1 Å². The Hall–Kier alpha value is -2.49. The highest BCUT2D eigenvalue weighted by Crippen LogP contribution is 2.38. The number of nitrogens with zero attached hydrogens (tertiary/aromatic N) is 1. The van der Waals surface area contributed by atoms with Gasteiger partial charge in [0, 0.05) is 12.6 Å². The molecular weight excluding hydrogens is 288 g/mol. The molecule has 0 spiro atoms. The van der Waals surface area contributed by atoms with Crippen LogP contribution in [0, 0.1) is 0 Å². The van der Waals surface area contributed by atoms with Gasteiger partial charge in [0.2, 0.25) is 0 Å². The summed E-state index contributed by atoms with van der Waals surface area (Å²) in [6, 6.07) is 15.3. The quantitative estimate of drug-likeness (QED) is 0.907. The predicted octanol–water partition coefficient (Wildman–Crippen LogP) is 4.00. The lowest BCUT2D eigenvalue weighted by Gasteiger charge is -2.35. The van der Waals surface area contributed by atoms with Crippen molar-refractivity contribution >= 4 is 17.3 Å². The minimum Gasteiger partial charge on any atom is -0.497 e. The molecule has 4 nitrogen and oxygen atoms in total. The minimum absolute atomic E-state index is 0.0994. The van der Waals surface area contributed by atoms with E-state index < -0.39 is 0 Å². The van der Waals surface area contributed by atoms with Gasteiger partial charge in [-0.1, -0.05) is 43.7 Å². The number of methoxy groups -OCH3 is 1. The van der Waals surface area contributed by atoms with Crippen molar-refractivity contribution in [3.8, 4) is 5.75 Å². The third-order valence-corrected chi connectivity index (χ3v) is 4.18.